The first kappa shape index (κ1) is 16.4. The van der Waals surface area contributed by atoms with E-state index in [1.807, 2.05) is 0 Å². The Morgan fingerprint density at radius 3 is 2.50 bits per heavy atom. The second kappa shape index (κ2) is 6.45. The van der Waals surface area contributed by atoms with Crippen LogP contribution in [0.3, 0.4) is 0 Å². The van der Waals surface area contributed by atoms with Crippen LogP contribution >= 0.6 is 0 Å². The molecule has 7 nitrogen and oxygen atoms in total. The maximum Gasteiger partial charge on any atom is 0.334 e. The molecular weight excluding hydrogens is 310 g/mol. The molecule has 1 aliphatic rings. The van der Waals surface area contributed by atoms with Crippen LogP contribution in [0.15, 0.2) is 29.2 Å². The number of sulfone groups is 1. The van der Waals surface area contributed by atoms with Crippen molar-refractivity contribution in [1.82, 2.24) is 4.90 Å². The van der Waals surface area contributed by atoms with Crippen LogP contribution in [-0.4, -0.2) is 61.9 Å². The maximum absolute atomic E-state index is 12.3. The molecule has 2 rings (SSSR count). The van der Waals surface area contributed by atoms with E-state index in [1.54, 1.807) is 6.92 Å². The number of morpholine rings is 1. The van der Waals surface area contributed by atoms with Crippen LogP contribution in [0.2, 0.25) is 0 Å². The van der Waals surface area contributed by atoms with Crippen molar-refractivity contribution in [3.05, 3.63) is 29.8 Å². The summed E-state index contributed by atoms with van der Waals surface area (Å²) in [7, 11) is -3.31. The zero-order valence-electron chi connectivity index (χ0n) is 12.1. The number of carbonyl (C=O) groups excluding carboxylic acids is 1. The molecule has 0 aliphatic carbocycles. The predicted octanol–water partition coefficient (Wildman–Crippen LogP) is 0.406. The molecule has 0 radical (unpaired) electrons. The Labute approximate surface area is 128 Å². The number of aliphatic carboxylic acids is 1. The van der Waals surface area contributed by atoms with Gasteiger partial charge in [0.25, 0.3) is 5.91 Å². The van der Waals surface area contributed by atoms with E-state index in [1.165, 1.54) is 29.2 Å². The van der Waals surface area contributed by atoms with E-state index in [9.17, 15) is 18.0 Å². The van der Waals surface area contributed by atoms with Crippen molar-refractivity contribution in [2.75, 3.05) is 25.4 Å². The lowest BCUT2D eigenvalue weighted by Crippen LogP contribution is -2.48. The van der Waals surface area contributed by atoms with Crippen molar-refractivity contribution >= 4 is 21.7 Å². The second-order valence-electron chi connectivity index (χ2n) is 4.88. The van der Waals surface area contributed by atoms with E-state index in [0.717, 1.165) is 0 Å². The lowest BCUT2D eigenvalue weighted by Gasteiger charge is -2.30. The second-order valence-corrected chi connectivity index (χ2v) is 7.15. The topological polar surface area (TPSA) is 101 Å². The Morgan fingerprint density at radius 2 is 1.95 bits per heavy atom. The molecule has 1 heterocycles. The summed E-state index contributed by atoms with van der Waals surface area (Å²) in [4.78, 5) is 24.8. The summed E-state index contributed by atoms with van der Waals surface area (Å²) < 4.78 is 28.5. The highest BCUT2D eigenvalue weighted by Gasteiger charge is 2.29. The van der Waals surface area contributed by atoms with Crippen LogP contribution in [0.1, 0.15) is 17.3 Å². The molecule has 1 atom stereocenters. The molecule has 0 bridgehead atoms. The van der Waals surface area contributed by atoms with Crippen molar-refractivity contribution < 1.29 is 27.9 Å². The summed E-state index contributed by atoms with van der Waals surface area (Å²) in [5.74, 6) is -1.46. The summed E-state index contributed by atoms with van der Waals surface area (Å²) in [6.45, 7) is 1.99. The Hall–Kier alpha value is -1.93. The fourth-order valence-electron chi connectivity index (χ4n) is 2.14. The number of hydrogen-bond donors (Lipinski definition) is 1. The summed E-state index contributed by atoms with van der Waals surface area (Å²) >= 11 is 0. The molecule has 0 unspecified atom stereocenters. The number of carboxylic acids is 1. The largest absolute Gasteiger partial charge is 0.479 e. The molecular formula is C14H17NO6S. The molecule has 1 saturated heterocycles. The van der Waals surface area contributed by atoms with Crippen LogP contribution in [0.25, 0.3) is 0 Å². The molecule has 1 aromatic carbocycles. The predicted molar refractivity (Wildman–Crippen MR) is 77.4 cm³/mol. The molecule has 22 heavy (non-hydrogen) atoms. The number of rotatable bonds is 4. The Kier molecular flexibility index (Phi) is 4.82. The minimum Gasteiger partial charge on any atom is -0.479 e. The van der Waals surface area contributed by atoms with Crippen molar-refractivity contribution in [2.24, 2.45) is 0 Å². The van der Waals surface area contributed by atoms with E-state index in [4.69, 9.17) is 9.84 Å². The highest BCUT2D eigenvalue weighted by atomic mass is 32.2. The number of amides is 1. The van der Waals surface area contributed by atoms with Gasteiger partial charge in [-0.2, -0.15) is 0 Å². The number of benzene rings is 1. The van der Waals surface area contributed by atoms with E-state index in [0.29, 0.717) is 12.1 Å². The molecule has 8 heteroatoms. The molecule has 1 amide bonds. The van der Waals surface area contributed by atoms with Crippen LogP contribution in [0, 0.1) is 0 Å². The molecule has 0 aromatic heterocycles. The molecule has 1 aromatic rings. The summed E-state index contributed by atoms with van der Waals surface area (Å²) in [6, 6.07) is 5.66. The van der Waals surface area contributed by atoms with Gasteiger partial charge in [-0.05, 0) is 24.3 Å². The van der Waals surface area contributed by atoms with Gasteiger partial charge >= 0.3 is 5.97 Å². The first-order valence-electron chi connectivity index (χ1n) is 6.81. The monoisotopic (exact) mass is 327 g/mol. The van der Waals surface area contributed by atoms with E-state index >= 15 is 0 Å². The first-order valence-corrected chi connectivity index (χ1v) is 8.47. The van der Waals surface area contributed by atoms with Crippen molar-refractivity contribution in [2.45, 2.75) is 17.9 Å². The fraction of sp³-hybridized carbons (Fsp3) is 0.429. The average molecular weight is 327 g/mol. The van der Waals surface area contributed by atoms with Gasteiger partial charge in [0, 0.05) is 12.1 Å². The third kappa shape index (κ3) is 3.45. The average Bonchev–Trinajstić information content (AvgIpc) is 2.54. The van der Waals surface area contributed by atoms with Gasteiger partial charge in [0.15, 0.2) is 15.9 Å². The third-order valence-corrected chi connectivity index (χ3v) is 5.22. The van der Waals surface area contributed by atoms with Gasteiger partial charge in [0.2, 0.25) is 0 Å². The lowest BCUT2D eigenvalue weighted by atomic mass is 10.1. The smallest absolute Gasteiger partial charge is 0.334 e. The van der Waals surface area contributed by atoms with Crippen LogP contribution in [0.4, 0.5) is 0 Å². The molecule has 1 N–H and O–H groups in total. The Balaban J connectivity index is 2.14. The number of carboxylic acid groups (broad SMARTS) is 1. The molecule has 120 valence electrons. The SMILES string of the molecule is CCS(=O)(=O)c1ccc(C(=O)N2CCO[C@H](C(=O)O)C2)cc1. The molecule has 1 aliphatic heterocycles. The van der Waals surface area contributed by atoms with Gasteiger partial charge < -0.3 is 14.7 Å². The summed E-state index contributed by atoms with van der Waals surface area (Å²) in [5.41, 5.74) is 0.320. The number of carbonyl (C=O) groups is 2. The molecule has 0 spiro atoms. The summed E-state index contributed by atoms with van der Waals surface area (Å²) in [6.07, 6.45) is -1.03. The van der Waals surface area contributed by atoms with Gasteiger partial charge in [-0.3, -0.25) is 4.79 Å². The van der Waals surface area contributed by atoms with Gasteiger partial charge in [-0.1, -0.05) is 6.92 Å². The fourth-order valence-corrected chi connectivity index (χ4v) is 3.02. The van der Waals surface area contributed by atoms with Gasteiger partial charge in [0.1, 0.15) is 0 Å². The third-order valence-electron chi connectivity index (χ3n) is 3.47. The lowest BCUT2D eigenvalue weighted by molar-refractivity contribution is -0.154. The van der Waals surface area contributed by atoms with Crippen molar-refractivity contribution in [1.29, 1.82) is 0 Å². The quantitative estimate of drug-likeness (QED) is 0.859. The highest BCUT2D eigenvalue weighted by Crippen LogP contribution is 2.15. The van der Waals surface area contributed by atoms with E-state index < -0.39 is 21.9 Å². The molecule has 1 fully saturated rings. The Morgan fingerprint density at radius 1 is 1.32 bits per heavy atom. The van der Waals surface area contributed by atoms with Crippen LogP contribution in [-0.2, 0) is 19.4 Å². The van der Waals surface area contributed by atoms with Gasteiger partial charge in [-0.15, -0.1) is 0 Å². The summed E-state index contributed by atoms with van der Waals surface area (Å²) in [5, 5.41) is 8.93. The molecule has 0 saturated carbocycles. The van der Waals surface area contributed by atoms with Gasteiger partial charge in [-0.25, -0.2) is 13.2 Å². The zero-order valence-corrected chi connectivity index (χ0v) is 12.9. The van der Waals surface area contributed by atoms with Crippen molar-refractivity contribution in [3.8, 4) is 0 Å². The van der Waals surface area contributed by atoms with Crippen LogP contribution in [0.5, 0.6) is 0 Å². The number of ether oxygens (including phenoxy) is 1. The minimum absolute atomic E-state index is 0.00987. The standard InChI is InChI=1S/C14H17NO6S/c1-2-22(19,20)11-5-3-10(4-6-11)13(16)15-7-8-21-12(9-15)14(17)18/h3-6,12H,2,7-9H2,1H3,(H,17,18)/t12-/m0/s1. The first-order chi connectivity index (χ1) is 10.3. The van der Waals surface area contributed by atoms with Crippen molar-refractivity contribution in [3.63, 3.8) is 0 Å². The van der Waals surface area contributed by atoms with E-state index in [2.05, 4.69) is 0 Å². The number of hydrogen-bond acceptors (Lipinski definition) is 5. The number of nitrogens with zero attached hydrogens (tertiary/aromatic N) is 1. The zero-order chi connectivity index (χ0) is 16.3. The normalized spacial score (nSPS) is 19.0. The van der Waals surface area contributed by atoms with Gasteiger partial charge in [0.05, 0.1) is 23.8 Å². The Bertz CT molecular complexity index is 667. The van der Waals surface area contributed by atoms with Crippen LogP contribution < -0.4 is 0 Å². The minimum atomic E-state index is -3.31. The highest BCUT2D eigenvalue weighted by molar-refractivity contribution is 7.91. The van der Waals surface area contributed by atoms with E-state index in [-0.39, 0.29) is 29.7 Å². The maximum atomic E-state index is 12.3.